The molecule has 1 aromatic heterocycles. The molecule has 1 aromatic rings. The van der Waals surface area contributed by atoms with E-state index in [1.807, 2.05) is 18.2 Å². The first-order chi connectivity index (χ1) is 7.83. The van der Waals surface area contributed by atoms with Gasteiger partial charge in [0, 0.05) is 12.4 Å². The van der Waals surface area contributed by atoms with E-state index in [2.05, 4.69) is 15.6 Å². The van der Waals surface area contributed by atoms with Gasteiger partial charge in [-0.2, -0.15) is 5.26 Å². The molecule has 0 aliphatic rings. The lowest BCUT2D eigenvalue weighted by atomic mass is 10.2. The number of pyridine rings is 1. The summed E-state index contributed by atoms with van der Waals surface area (Å²) in [7, 11) is 0. The lowest BCUT2D eigenvalue weighted by molar-refractivity contribution is -0.120. The monoisotopic (exact) mass is 218 g/mol. The van der Waals surface area contributed by atoms with E-state index in [1.54, 1.807) is 12.4 Å². The molecule has 0 unspecified atom stereocenters. The fourth-order valence-corrected chi connectivity index (χ4v) is 1.18. The van der Waals surface area contributed by atoms with Gasteiger partial charge in [-0.25, -0.2) is 0 Å². The summed E-state index contributed by atoms with van der Waals surface area (Å²) in [5.74, 6) is -0.160. The average molecular weight is 218 g/mol. The van der Waals surface area contributed by atoms with Crippen LogP contribution < -0.4 is 10.6 Å². The molecule has 0 aromatic carbocycles. The number of nitriles is 1. The molecule has 0 radical (unpaired) electrons. The number of amides is 1. The predicted molar refractivity (Wildman–Crippen MR) is 59.4 cm³/mol. The summed E-state index contributed by atoms with van der Waals surface area (Å²) in [6, 6.07) is 5.72. The van der Waals surface area contributed by atoms with Crippen LogP contribution in [0.15, 0.2) is 24.5 Å². The lowest BCUT2D eigenvalue weighted by Crippen LogP contribution is -2.34. The molecule has 0 aliphatic heterocycles. The van der Waals surface area contributed by atoms with E-state index < -0.39 is 0 Å². The number of aromatic nitrogens is 1. The third-order valence-corrected chi connectivity index (χ3v) is 1.96. The standard InChI is InChI=1S/C11H14N4O/c12-4-7-15-11(16)9-14-6-3-10-2-1-5-13-8-10/h1-2,5,8,14H,3,6-7,9H2,(H,15,16). The second-order valence-electron chi connectivity index (χ2n) is 3.22. The fourth-order valence-electron chi connectivity index (χ4n) is 1.18. The van der Waals surface area contributed by atoms with E-state index in [0.717, 1.165) is 12.0 Å². The van der Waals surface area contributed by atoms with Gasteiger partial charge < -0.3 is 10.6 Å². The summed E-state index contributed by atoms with van der Waals surface area (Å²) in [6.45, 7) is 1.01. The van der Waals surface area contributed by atoms with E-state index in [-0.39, 0.29) is 19.0 Å². The summed E-state index contributed by atoms with van der Waals surface area (Å²) in [5, 5.41) is 13.7. The zero-order valence-electron chi connectivity index (χ0n) is 8.94. The third kappa shape index (κ3) is 5.08. The maximum Gasteiger partial charge on any atom is 0.234 e. The fraction of sp³-hybridized carbons (Fsp3) is 0.364. The minimum Gasteiger partial charge on any atom is -0.342 e. The number of carbonyl (C=O) groups is 1. The smallest absolute Gasteiger partial charge is 0.234 e. The van der Waals surface area contributed by atoms with Crippen LogP contribution in [-0.4, -0.2) is 30.5 Å². The van der Waals surface area contributed by atoms with Crippen LogP contribution in [0.5, 0.6) is 0 Å². The number of nitrogens with one attached hydrogen (secondary N) is 2. The predicted octanol–water partition coefficient (Wildman–Crippen LogP) is -0.147. The van der Waals surface area contributed by atoms with Gasteiger partial charge in [0.15, 0.2) is 0 Å². The summed E-state index contributed by atoms with van der Waals surface area (Å²) in [6.07, 6.45) is 4.36. The third-order valence-electron chi connectivity index (χ3n) is 1.96. The van der Waals surface area contributed by atoms with Crippen LogP contribution in [0, 0.1) is 11.3 Å². The van der Waals surface area contributed by atoms with Crippen molar-refractivity contribution in [3.8, 4) is 6.07 Å². The Balaban J connectivity index is 2.08. The van der Waals surface area contributed by atoms with Crippen molar-refractivity contribution in [2.45, 2.75) is 6.42 Å². The van der Waals surface area contributed by atoms with Crippen molar-refractivity contribution < 1.29 is 4.79 Å². The van der Waals surface area contributed by atoms with Crippen molar-refractivity contribution in [2.24, 2.45) is 0 Å². The van der Waals surface area contributed by atoms with Gasteiger partial charge in [0.05, 0.1) is 12.6 Å². The lowest BCUT2D eigenvalue weighted by Gasteiger charge is -2.04. The van der Waals surface area contributed by atoms with Gasteiger partial charge in [-0.3, -0.25) is 9.78 Å². The van der Waals surface area contributed by atoms with Gasteiger partial charge in [0.25, 0.3) is 0 Å². The Morgan fingerprint density at radius 3 is 3.12 bits per heavy atom. The van der Waals surface area contributed by atoms with Crippen LogP contribution in [-0.2, 0) is 11.2 Å². The molecule has 0 bridgehead atoms. The SMILES string of the molecule is N#CCNC(=O)CNCCc1cccnc1. The number of hydrogen-bond acceptors (Lipinski definition) is 4. The summed E-state index contributed by atoms with van der Waals surface area (Å²) >= 11 is 0. The van der Waals surface area contributed by atoms with Crippen LogP contribution >= 0.6 is 0 Å². The Morgan fingerprint density at radius 2 is 2.44 bits per heavy atom. The quantitative estimate of drug-likeness (QED) is 0.514. The molecule has 0 saturated carbocycles. The van der Waals surface area contributed by atoms with Crippen molar-refractivity contribution in [3.05, 3.63) is 30.1 Å². The van der Waals surface area contributed by atoms with Crippen LogP contribution in [0.3, 0.4) is 0 Å². The van der Waals surface area contributed by atoms with E-state index in [4.69, 9.17) is 5.26 Å². The Kier molecular flexibility index (Phi) is 5.59. The van der Waals surface area contributed by atoms with Gasteiger partial charge in [-0.05, 0) is 24.6 Å². The molecule has 0 atom stereocenters. The van der Waals surface area contributed by atoms with Crippen molar-refractivity contribution >= 4 is 5.91 Å². The normalized spacial score (nSPS) is 9.44. The van der Waals surface area contributed by atoms with Crippen LogP contribution in [0.2, 0.25) is 0 Å². The maximum absolute atomic E-state index is 11.1. The van der Waals surface area contributed by atoms with E-state index in [1.165, 1.54) is 0 Å². The molecule has 0 spiro atoms. The first kappa shape index (κ1) is 12.1. The molecule has 1 heterocycles. The topological polar surface area (TPSA) is 77.8 Å². The second-order valence-corrected chi connectivity index (χ2v) is 3.22. The zero-order chi connectivity index (χ0) is 11.6. The average Bonchev–Trinajstić information content (AvgIpc) is 2.33. The minimum absolute atomic E-state index is 0.0586. The van der Waals surface area contributed by atoms with Gasteiger partial charge >= 0.3 is 0 Å². The Labute approximate surface area is 94.5 Å². The van der Waals surface area contributed by atoms with Crippen molar-refractivity contribution in [3.63, 3.8) is 0 Å². The molecule has 1 amide bonds. The molecule has 5 heteroatoms. The van der Waals surface area contributed by atoms with Crippen LogP contribution in [0.4, 0.5) is 0 Å². The number of carbonyl (C=O) groups excluding carboxylic acids is 1. The molecule has 2 N–H and O–H groups in total. The van der Waals surface area contributed by atoms with Gasteiger partial charge in [-0.1, -0.05) is 6.07 Å². The first-order valence-corrected chi connectivity index (χ1v) is 5.06. The van der Waals surface area contributed by atoms with E-state index >= 15 is 0 Å². The number of rotatable bonds is 6. The maximum atomic E-state index is 11.1. The molecular formula is C11H14N4O. The summed E-state index contributed by atoms with van der Waals surface area (Å²) < 4.78 is 0. The van der Waals surface area contributed by atoms with Gasteiger partial charge in [0.2, 0.25) is 5.91 Å². The first-order valence-electron chi connectivity index (χ1n) is 5.06. The highest BCUT2D eigenvalue weighted by Crippen LogP contribution is 1.94. The van der Waals surface area contributed by atoms with Crippen molar-refractivity contribution in [1.29, 1.82) is 5.26 Å². The highest BCUT2D eigenvalue weighted by Gasteiger charge is 1.98. The molecule has 16 heavy (non-hydrogen) atoms. The summed E-state index contributed by atoms with van der Waals surface area (Å²) in [5.41, 5.74) is 1.13. The molecule has 84 valence electrons. The Hall–Kier alpha value is -1.93. The molecule has 5 nitrogen and oxygen atoms in total. The Morgan fingerprint density at radius 1 is 1.56 bits per heavy atom. The van der Waals surface area contributed by atoms with Crippen molar-refractivity contribution in [1.82, 2.24) is 15.6 Å². The molecular weight excluding hydrogens is 204 g/mol. The largest absolute Gasteiger partial charge is 0.342 e. The highest BCUT2D eigenvalue weighted by atomic mass is 16.1. The number of nitrogens with zero attached hydrogens (tertiary/aromatic N) is 2. The van der Waals surface area contributed by atoms with E-state index in [9.17, 15) is 4.79 Å². The molecule has 0 saturated heterocycles. The van der Waals surface area contributed by atoms with Crippen LogP contribution in [0.25, 0.3) is 0 Å². The molecule has 0 aliphatic carbocycles. The van der Waals surface area contributed by atoms with E-state index in [0.29, 0.717) is 6.54 Å². The number of hydrogen-bond donors (Lipinski definition) is 2. The minimum atomic E-state index is -0.160. The second kappa shape index (κ2) is 7.37. The van der Waals surface area contributed by atoms with Gasteiger partial charge in [0.1, 0.15) is 6.54 Å². The Bertz CT molecular complexity index is 358. The zero-order valence-corrected chi connectivity index (χ0v) is 8.94. The summed E-state index contributed by atoms with van der Waals surface area (Å²) in [4.78, 5) is 15.1. The molecule has 0 fully saturated rings. The van der Waals surface area contributed by atoms with Gasteiger partial charge in [-0.15, -0.1) is 0 Å². The van der Waals surface area contributed by atoms with Crippen LogP contribution in [0.1, 0.15) is 5.56 Å². The molecule has 1 rings (SSSR count). The highest BCUT2D eigenvalue weighted by molar-refractivity contribution is 5.78. The van der Waals surface area contributed by atoms with Crippen molar-refractivity contribution in [2.75, 3.05) is 19.6 Å².